The quantitative estimate of drug-likeness (QED) is 0.673. The summed E-state index contributed by atoms with van der Waals surface area (Å²) in [6.07, 6.45) is -3.14. The highest BCUT2D eigenvalue weighted by molar-refractivity contribution is 7.99. The first-order valence-corrected chi connectivity index (χ1v) is 6.18. The Balaban J connectivity index is 2.43. The van der Waals surface area contributed by atoms with Crippen LogP contribution in [0, 0.1) is 5.41 Å². The monoisotopic (exact) mass is 301 g/mol. The Labute approximate surface area is 116 Å². The lowest BCUT2D eigenvalue weighted by molar-refractivity contribution is -0.137. The highest BCUT2D eigenvalue weighted by Gasteiger charge is 2.31. The van der Waals surface area contributed by atoms with Crippen LogP contribution in [0.5, 0.6) is 0 Å². The largest absolute Gasteiger partial charge is 0.416 e. The molecule has 0 fully saturated rings. The van der Waals surface area contributed by atoms with E-state index in [2.05, 4.69) is 10.1 Å². The Hall–Kier alpha value is -2.03. The zero-order valence-corrected chi connectivity index (χ0v) is 11.1. The first-order chi connectivity index (χ1) is 9.29. The Kier molecular flexibility index (Phi) is 3.71. The van der Waals surface area contributed by atoms with E-state index in [-0.39, 0.29) is 5.56 Å². The van der Waals surface area contributed by atoms with E-state index >= 15 is 0 Å². The standard InChI is InChI=1S/C11H10F3N5S/c1-19-10(17-5-18-19)20-8-3-2-6(11(12,13)14)4-7(8)9(15)16/h2-5H,1H3,(H3,15,16). The average Bonchev–Trinajstić information content (AvgIpc) is 2.74. The minimum Gasteiger partial charge on any atom is -0.384 e. The maximum absolute atomic E-state index is 12.7. The van der Waals surface area contributed by atoms with E-state index in [1.54, 1.807) is 7.05 Å². The molecule has 0 atom stereocenters. The number of aromatic nitrogens is 3. The van der Waals surface area contributed by atoms with Crippen LogP contribution in [0.15, 0.2) is 34.6 Å². The number of aryl methyl sites for hydroxylation is 1. The summed E-state index contributed by atoms with van der Waals surface area (Å²) in [7, 11) is 1.66. The molecule has 5 nitrogen and oxygen atoms in total. The molecular formula is C11H10F3N5S. The van der Waals surface area contributed by atoms with Crippen LogP contribution in [0.4, 0.5) is 13.2 Å². The van der Waals surface area contributed by atoms with E-state index in [1.165, 1.54) is 17.1 Å². The molecule has 0 spiro atoms. The van der Waals surface area contributed by atoms with E-state index in [9.17, 15) is 13.2 Å². The van der Waals surface area contributed by atoms with Crippen molar-refractivity contribution >= 4 is 17.6 Å². The van der Waals surface area contributed by atoms with Crippen molar-refractivity contribution in [1.82, 2.24) is 14.8 Å². The van der Waals surface area contributed by atoms with E-state index in [0.717, 1.165) is 23.9 Å². The van der Waals surface area contributed by atoms with Crippen molar-refractivity contribution in [1.29, 1.82) is 5.41 Å². The van der Waals surface area contributed by atoms with E-state index in [0.29, 0.717) is 10.1 Å². The molecule has 2 rings (SSSR count). The number of nitrogens with two attached hydrogens (primary N) is 1. The van der Waals surface area contributed by atoms with Gasteiger partial charge in [-0.2, -0.15) is 18.3 Å². The minimum atomic E-state index is -4.47. The zero-order chi connectivity index (χ0) is 14.9. The third-order valence-corrected chi connectivity index (χ3v) is 3.60. The van der Waals surface area contributed by atoms with Crippen LogP contribution in [0.3, 0.4) is 0 Å². The molecule has 1 aromatic carbocycles. The summed E-state index contributed by atoms with van der Waals surface area (Å²) in [5.41, 5.74) is 4.53. The first kappa shape index (κ1) is 14.4. The maximum Gasteiger partial charge on any atom is 0.416 e. The van der Waals surface area contributed by atoms with E-state index in [1.807, 2.05) is 0 Å². The molecule has 9 heteroatoms. The van der Waals surface area contributed by atoms with Gasteiger partial charge in [-0.25, -0.2) is 9.67 Å². The molecule has 0 unspecified atom stereocenters. The Morgan fingerprint density at radius 1 is 1.40 bits per heavy atom. The van der Waals surface area contributed by atoms with Crippen molar-refractivity contribution in [3.63, 3.8) is 0 Å². The summed E-state index contributed by atoms with van der Waals surface area (Å²) in [6.45, 7) is 0. The van der Waals surface area contributed by atoms with Crippen LogP contribution in [0.25, 0.3) is 0 Å². The molecule has 0 saturated heterocycles. The highest BCUT2D eigenvalue weighted by Crippen LogP contribution is 2.34. The number of nitrogens with one attached hydrogen (secondary N) is 1. The molecule has 0 radical (unpaired) electrons. The topological polar surface area (TPSA) is 80.6 Å². The lowest BCUT2D eigenvalue weighted by Gasteiger charge is -2.12. The van der Waals surface area contributed by atoms with Gasteiger partial charge >= 0.3 is 6.18 Å². The first-order valence-electron chi connectivity index (χ1n) is 5.36. The molecule has 106 valence electrons. The fourth-order valence-corrected chi connectivity index (χ4v) is 2.37. The predicted molar refractivity (Wildman–Crippen MR) is 67.6 cm³/mol. The second-order valence-corrected chi connectivity index (χ2v) is 4.90. The molecule has 3 N–H and O–H groups in total. The number of rotatable bonds is 3. The minimum absolute atomic E-state index is 0.0211. The molecule has 0 aliphatic carbocycles. The van der Waals surface area contributed by atoms with Gasteiger partial charge in [-0.1, -0.05) is 0 Å². The van der Waals surface area contributed by atoms with Crippen LogP contribution in [-0.4, -0.2) is 20.6 Å². The van der Waals surface area contributed by atoms with Crippen molar-refractivity contribution in [2.75, 3.05) is 0 Å². The summed E-state index contributed by atoms with van der Waals surface area (Å²) < 4.78 is 39.5. The van der Waals surface area contributed by atoms with Crippen molar-refractivity contribution in [3.8, 4) is 0 Å². The van der Waals surface area contributed by atoms with Gasteiger partial charge in [0.25, 0.3) is 0 Å². The second kappa shape index (κ2) is 5.16. The van der Waals surface area contributed by atoms with Crippen LogP contribution < -0.4 is 5.73 Å². The summed E-state index contributed by atoms with van der Waals surface area (Å²) in [6, 6.07) is 3.09. The van der Waals surface area contributed by atoms with Gasteiger partial charge in [-0.3, -0.25) is 5.41 Å². The van der Waals surface area contributed by atoms with Gasteiger partial charge in [-0.05, 0) is 30.0 Å². The number of halogens is 3. The number of hydrogen-bond acceptors (Lipinski definition) is 4. The van der Waals surface area contributed by atoms with Gasteiger partial charge in [0.1, 0.15) is 12.2 Å². The molecule has 0 saturated carbocycles. The number of hydrogen-bond donors (Lipinski definition) is 2. The molecule has 20 heavy (non-hydrogen) atoms. The van der Waals surface area contributed by atoms with Gasteiger partial charge in [0.05, 0.1) is 5.56 Å². The Bertz CT molecular complexity index is 650. The summed E-state index contributed by atoms with van der Waals surface area (Å²) in [5, 5.41) is 11.8. The summed E-state index contributed by atoms with van der Waals surface area (Å²) in [4.78, 5) is 4.38. The zero-order valence-electron chi connectivity index (χ0n) is 10.3. The fourth-order valence-electron chi connectivity index (χ4n) is 1.48. The summed E-state index contributed by atoms with van der Waals surface area (Å²) in [5.74, 6) is -0.430. The maximum atomic E-state index is 12.7. The molecule has 0 aliphatic rings. The number of alkyl halides is 3. The van der Waals surface area contributed by atoms with Crippen molar-refractivity contribution in [3.05, 3.63) is 35.7 Å². The van der Waals surface area contributed by atoms with Gasteiger partial charge < -0.3 is 5.73 Å². The predicted octanol–water partition coefficient (Wildman–Crippen LogP) is 2.27. The molecule has 0 aliphatic heterocycles. The molecule has 2 aromatic rings. The third-order valence-electron chi connectivity index (χ3n) is 2.47. The van der Waals surface area contributed by atoms with Crippen LogP contribution in [0.1, 0.15) is 11.1 Å². The van der Waals surface area contributed by atoms with E-state index < -0.39 is 17.6 Å². The van der Waals surface area contributed by atoms with Crippen LogP contribution >= 0.6 is 11.8 Å². The van der Waals surface area contributed by atoms with Gasteiger partial charge in [0.15, 0.2) is 5.16 Å². The van der Waals surface area contributed by atoms with Crippen molar-refractivity contribution in [2.45, 2.75) is 16.2 Å². The van der Waals surface area contributed by atoms with E-state index in [4.69, 9.17) is 11.1 Å². The second-order valence-electron chi connectivity index (χ2n) is 3.89. The van der Waals surface area contributed by atoms with Gasteiger partial charge in [0.2, 0.25) is 0 Å². The van der Waals surface area contributed by atoms with Gasteiger partial charge in [0, 0.05) is 17.5 Å². The molecular weight excluding hydrogens is 291 g/mol. The SMILES string of the molecule is Cn1ncnc1Sc1ccc(C(F)(F)F)cc1C(=N)N. The lowest BCUT2D eigenvalue weighted by Crippen LogP contribution is -2.15. The third kappa shape index (κ3) is 2.93. The molecule has 0 bridgehead atoms. The number of amidine groups is 1. The Morgan fingerprint density at radius 2 is 2.10 bits per heavy atom. The molecule has 0 amide bonds. The lowest BCUT2D eigenvalue weighted by atomic mass is 10.1. The average molecular weight is 301 g/mol. The smallest absolute Gasteiger partial charge is 0.384 e. The van der Waals surface area contributed by atoms with Crippen molar-refractivity contribution < 1.29 is 13.2 Å². The fraction of sp³-hybridized carbons (Fsp3) is 0.182. The number of benzene rings is 1. The number of nitrogen functional groups attached to an aromatic ring is 1. The number of nitrogens with zero attached hydrogens (tertiary/aromatic N) is 3. The van der Waals surface area contributed by atoms with Gasteiger partial charge in [-0.15, -0.1) is 0 Å². The van der Waals surface area contributed by atoms with Crippen molar-refractivity contribution in [2.24, 2.45) is 12.8 Å². The van der Waals surface area contributed by atoms with Crippen LogP contribution in [0.2, 0.25) is 0 Å². The van der Waals surface area contributed by atoms with Crippen LogP contribution in [-0.2, 0) is 13.2 Å². The molecule has 1 heterocycles. The Morgan fingerprint density at radius 3 is 2.60 bits per heavy atom. The summed E-state index contributed by atoms with van der Waals surface area (Å²) >= 11 is 1.10. The molecule has 1 aromatic heterocycles. The highest BCUT2D eigenvalue weighted by atomic mass is 32.2. The normalized spacial score (nSPS) is 11.6.